The van der Waals surface area contributed by atoms with Gasteiger partial charge in [0.25, 0.3) is 0 Å². The monoisotopic (exact) mass is 454 g/mol. The highest BCUT2D eigenvalue weighted by atomic mass is 28.4. The van der Waals surface area contributed by atoms with Crippen molar-refractivity contribution in [2.45, 2.75) is 51.6 Å². The van der Waals surface area contributed by atoms with Crippen LogP contribution in [0, 0.1) is 0 Å². The lowest BCUT2D eigenvalue weighted by Crippen LogP contribution is -2.35. The number of hydrogen-bond acceptors (Lipinski definition) is 5. The van der Waals surface area contributed by atoms with Gasteiger partial charge in [-0.3, -0.25) is 0 Å². The molecule has 0 saturated heterocycles. The van der Waals surface area contributed by atoms with Crippen LogP contribution in [-0.2, 0) is 15.3 Å². The Balaban J connectivity index is 1.54. The van der Waals surface area contributed by atoms with Crippen molar-refractivity contribution in [1.82, 2.24) is 0 Å². The average Bonchev–Trinajstić information content (AvgIpc) is 2.82. The molecule has 1 aromatic heterocycles. The van der Waals surface area contributed by atoms with E-state index in [-0.39, 0.29) is 5.63 Å². The minimum Gasteiger partial charge on any atom is -0.493 e. The predicted molar refractivity (Wildman–Crippen MR) is 132 cm³/mol. The van der Waals surface area contributed by atoms with E-state index in [1.54, 1.807) is 20.3 Å². The number of benzene rings is 2. The van der Waals surface area contributed by atoms with Crippen molar-refractivity contribution >= 4 is 19.5 Å². The maximum atomic E-state index is 12.6. The van der Waals surface area contributed by atoms with Gasteiger partial charge >= 0.3 is 14.2 Å². The topological polar surface area (TPSA) is 57.9 Å². The molecular formula is C26H34O5Si. The van der Waals surface area contributed by atoms with E-state index in [4.69, 9.17) is 18.0 Å². The zero-order chi connectivity index (χ0) is 23.0. The molecule has 0 N–H and O–H groups in total. The van der Waals surface area contributed by atoms with Gasteiger partial charge in [0.05, 0.1) is 12.2 Å². The summed E-state index contributed by atoms with van der Waals surface area (Å²) in [4.78, 5) is 12.6. The fourth-order valence-electron chi connectivity index (χ4n) is 3.68. The summed E-state index contributed by atoms with van der Waals surface area (Å²) in [5.41, 5.74) is 2.91. The van der Waals surface area contributed by atoms with E-state index in [0.29, 0.717) is 17.8 Å². The smallest absolute Gasteiger partial charge is 0.344 e. The summed E-state index contributed by atoms with van der Waals surface area (Å²) < 4.78 is 22.5. The Hall–Kier alpha value is -2.41. The van der Waals surface area contributed by atoms with Gasteiger partial charge in [-0.2, -0.15) is 0 Å². The summed E-state index contributed by atoms with van der Waals surface area (Å²) in [7, 11) is 1.52. The van der Waals surface area contributed by atoms with Gasteiger partial charge in [-0.25, -0.2) is 4.79 Å². The first-order valence-corrected chi connectivity index (χ1v) is 13.9. The fraction of sp³-hybridized carbons (Fsp3) is 0.423. The van der Waals surface area contributed by atoms with Crippen LogP contribution in [0.2, 0.25) is 12.6 Å². The second-order valence-electron chi connectivity index (χ2n) is 8.25. The zero-order valence-corrected chi connectivity index (χ0v) is 20.6. The van der Waals surface area contributed by atoms with E-state index in [0.717, 1.165) is 54.8 Å². The first kappa shape index (κ1) is 24.2. The molecule has 0 aliphatic rings. The van der Waals surface area contributed by atoms with Crippen molar-refractivity contribution in [3.05, 3.63) is 64.5 Å². The summed E-state index contributed by atoms with van der Waals surface area (Å²) >= 11 is 0. The van der Waals surface area contributed by atoms with E-state index >= 15 is 0 Å². The standard InChI is InChI=1S/C26H34O5Si/c1-5-20-10-12-21(13-11-20)24-18-22-14-15-23(19-25(22)31-26(24)27)30-16-8-6-7-9-17-32(4,28-2)29-3/h10-15,18-19H,5-9,16-17H2,1-4H3. The summed E-state index contributed by atoms with van der Waals surface area (Å²) in [6, 6.07) is 16.6. The van der Waals surface area contributed by atoms with Gasteiger partial charge in [-0.05, 0) is 54.8 Å². The SMILES string of the molecule is CCc1ccc(-c2cc3ccc(OCCCCCC[Si](C)(OC)OC)cc3oc2=O)cc1. The van der Waals surface area contributed by atoms with Crippen LogP contribution in [0.15, 0.2) is 57.7 Å². The van der Waals surface area contributed by atoms with E-state index in [1.807, 2.05) is 42.5 Å². The highest BCUT2D eigenvalue weighted by molar-refractivity contribution is 6.65. The van der Waals surface area contributed by atoms with Gasteiger partial charge in [0.15, 0.2) is 0 Å². The predicted octanol–water partition coefficient (Wildman–Crippen LogP) is 6.33. The molecule has 3 rings (SSSR count). The van der Waals surface area contributed by atoms with Gasteiger partial charge in [-0.15, -0.1) is 0 Å². The number of ether oxygens (including phenoxy) is 1. The molecule has 0 unspecified atom stereocenters. The number of fused-ring (bicyclic) bond motifs is 1. The number of hydrogen-bond donors (Lipinski definition) is 0. The molecule has 32 heavy (non-hydrogen) atoms. The van der Waals surface area contributed by atoms with Gasteiger partial charge in [0.1, 0.15) is 11.3 Å². The summed E-state index contributed by atoms with van der Waals surface area (Å²) in [5.74, 6) is 0.722. The molecule has 172 valence electrons. The van der Waals surface area contributed by atoms with Gasteiger partial charge in [-0.1, -0.05) is 50.5 Å². The van der Waals surface area contributed by atoms with E-state index < -0.39 is 8.56 Å². The van der Waals surface area contributed by atoms with Crippen molar-refractivity contribution in [3.8, 4) is 16.9 Å². The quantitative estimate of drug-likeness (QED) is 0.182. The van der Waals surface area contributed by atoms with Crippen LogP contribution in [0.25, 0.3) is 22.1 Å². The molecule has 3 aromatic rings. The third-order valence-electron chi connectivity index (χ3n) is 6.04. The summed E-state index contributed by atoms with van der Waals surface area (Å²) in [5, 5.41) is 0.884. The first-order valence-electron chi connectivity index (χ1n) is 11.4. The Bertz CT molecular complexity index is 1050. The van der Waals surface area contributed by atoms with Crippen LogP contribution >= 0.6 is 0 Å². The first-order chi connectivity index (χ1) is 15.5. The van der Waals surface area contributed by atoms with Crippen LogP contribution in [0.5, 0.6) is 5.75 Å². The van der Waals surface area contributed by atoms with Crippen molar-refractivity contribution in [2.75, 3.05) is 20.8 Å². The van der Waals surface area contributed by atoms with Crippen LogP contribution in [-0.4, -0.2) is 29.4 Å². The van der Waals surface area contributed by atoms with Crippen LogP contribution in [0.1, 0.15) is 38.2 Å². The van der Waals surface area contributed by atoms with Gasteiger partial charge in [0.2, 0.25) is 0 Å². The lowest BCUT2D eigenvalue weighted by Gasteiger charge is -2.22. The van der Waals surface area contributed by atoms with Crippen molar-refractivity contribution in [3.63, 3.8) is 0 Å². The van der Waals surface area contributed by atoms with E-state index in [2.05, 4.69) is 13.5 Å². The number of rotatable bonds is 12. The third-order valence-corrected chi connectivity index (χ3v) is 9.03. The van der Waals surface area contributed by atoms with E-state index in [1.165, 1.54) is 5.56 Å². The molecule has 5 nitrogen and oxygen atoms in total. The highest BCUT2D eigenvalue weighted by Gasteiger charge is 2.27. The second kappa shape index (κ2) is 11.5. The average molecular weight is 455 g/mol. The Morgan fingerprint density at radius 2 is 1.62 bits per heavy atom. The van der Waals surface area contributed by atoms with Crippen molar-refractivity contribution in [1.29, 1.82) is 0 Å². The Labute approximate surface area is 191 Å². The third kappa shape index (κ3) is 6.31. The molecule has 6 heteroatoms. The molecule has 0 bridgehead atoms. The van der Waals surface area contributed by atoms with Gasteiger partial charge in [0, 0.05) is 25.7 Å². The molecule has 0 saturated carbocycles. The molecule has 0 fully saturated rings. The van der Waals surface area contributed by atoms with Crippen molar-refractivity contribution in [2.24, 2.45) is 0 Å². The maximum Gasteiger partial charge on any atom is 0.344 e. The maximum absolute atomic E-state index is 12.6. The zero-order valence-electron chi connectivity index (χ0n) is 19.6. The Morgan fingerprint density at radius 3 is 2.31 bits per heavy atom. The molecule has 1 heterocycles. The van der Waals surface area contributed by atoms with Gasteiger partial charge < -0.3 is 18.0 Å². The fourth-order valence-corrected chi connectivity index (χ4v) is 5.15. The molecular weight excluding hydrogens is 420 g/mol. The molecule has 0 radical (unpaired) electrons. The molecule has 2 aromatic carbocycles. The number of aryl methyl sites for hydroxylation is 1. The lowest BCUT2D eigenvalue weighted by molar-refractivity contribution is 0.247. The number of unbranched alkanes of at least 4 members (excludes halogenated alkanes) is 3. The molecule has 0 spiro atoms. The molecule has 0 aliphatic heterocycles. The molecule has 0 aliphatic carbocycles. The highest BCUT2D eigenvalue weighted by Crippen LogP contribution is 2.25. The summed E-state index contributed by atoms with van der Waals surface area (Å²) in [6.07, 6.45) is 5.29. The Kier molecular flexibility index (Phi) is 8.67. The minimum atomic E-state index is -1.95. The minimum absolute atomic E-state index is 0.332. The van der Waals surface area contributed by atoms with E-state index in [9.17, 15) is 4.79 Å². The second-order valence-corrected chi connectivity index (χ2v) is 11.8. The van der Waals surface area contributed by atoms with Crippen molar-refractivity contribution < 1.29 is 18.0 Å². The molecule has 0 atom stereocenters. The van der Waals surface area contributed by atoms with Crippen LogP contribution in [0.4, 0.5) is 0 Å². The Morgan fingerprint density at radius 1 is 0.906 bits per heavy atom. The summed E-state index contributed by atoms with van der Waals surface area (Å²) in [6.45, 7) is 4.85. The normalized spacial score (nSPS) is 11.8. The van der Waals surface area contributed by atoms with Crippen LogP contribution in [0.3, 0.4) is 0 Å². The lowest BCUT2D eigenvalue weighted by atomic mass is 10.0. The van der Waals surface area contributed by atoms with Crippen LogP contribution < -0.4 is 10.4 Å². The molecule has 0 amide bonds. The largest absolute Gasteiger partial charge is 0.493 e.